The van der Waals surface area contributed by atoms with Gasteiger partial charge in [0.25, 0.3) is 0 Å². The van der Waals surface area contributed by atoms with Crippen LogP contribution in [0.15, 0.2) is 64.2 Å². The molecule has 1 heterocycles. The van der Waals surface area contributed by atoms with Crippen molar-refractivity contribution in [2.75, 3.05) is 0 Å². The summed E-state index contributed by atoms with van der Waals surface area (Å²) in [5.41, 5.74) is 1.51. The van der Waals surface area contributed by atoms with E-state index in [0.717, 1.165) is 0 Å². The third-order valence-corrected chi connectivity index (χ3v) is 4.89. The lowest BCUT2D eigenvalue weighted by Crippen LogP contribution is -2.09. The van der Waals surface area contributed by atoms with Gasteiger partial charge < -0.3 is 9.02 Å². The number of carbonyl (C=O) groups excluding carboxylic acids is 1. The molecule has 0 radical (unpaired) electrons. The normalized spacial score (nSPS) is 15.8. The first-order chi connectivity index (χ1) is 11.8. The number of hydrogen-bond acceptors (Lipinski definition) is 6. The molecule has 0 atom stereocenters. The molecule has 0 bridgehead atoms. The van der Waals surface area contributed by atoms with Crippen molar-refractivity contribution in [3.8, 4) is 5.75 Å². The van der Waals surface area contributed by atoms with E-state index >= 15 is 0 Å². The van der Waals surface area contributed by atoms with E-state index in [2.05, 4.69) is 9.99 Å². The molecule has 3 rings (SSSR count). The van der Waals surface area contributed by atoms with E-state index in [1.165, 1.54) is 36.4 Å². The van der Waals surface area contributed by atoms with Crippen LogP contribution in [0.3, 0.4) is 0 Å². The lowest BCUT2D eigenvalue weighted by Gasteiger charge is -2.07. The highest BCUT2D eigenvalue weighted by molar-refractivity contribution is 7.87. The van der Waals surface area contributed by atoms with Crippen molar-refractivity contribution in [3.05, 3.63) is 64.7 Å². The van der Waals surface area contributed by atoms with Crippen LogP contribution < -0.4 is 4.18 Å². The second-order valence-corrected chi connectivity index (χ2v) is 7.16. The summed E-state index contributed by atoms with van der Waals surface area (Å²) in [7, 11) is -3.95. The van der Waals surface area contributed by atoms with Crippen LogP contribution in [-0.4, -0.2) is 20.1 Å². The van der Waals surface area contributed by atoms with Gasteiger partial charge in [-0.3, -0.25) is 0 Å². The highest BCUT2D eigenvalue weighted by atomic mass is 35.5. The van der Waals surface area contributed by atoms with Gasteiger partial charge in [-0.25, -0.2) is 4.79 Å². The average Bonchev–Trinajstić information content (AvgIpc) is 2.89. The zero-order valence-corrected chi connectivity index (χ0v) is 14.5. The Morgan fingerprint density at radius 2 is 1.72 bits per heavy atom. The Kier molecular flexibility index (Phi) is 4.61. The van der Waals surface area contributed by atoms with Gasteiger partial charge in [0.1, 0.15) is 10.6 Å². The third kappa shape index (κ3) is 3.89. The summed E-state index contributed by atoms with van der Waals surface area (Å²) in [6, 6.07) is 11.9. The molecule has 6 nitrogen and oxygen atoms in total. The molecule has 0 fully saturated rings. The minimum absolute atomic E-state index is 0.00336. The third-order valence-electron chi connectivity index (χ3n) is 3.37. The number of halogens is 1. The maximum atomic E-state index is 12.2. The first kappa shape index (κ1) is 17.2. The lowest BCUT2D eigenvalue weighted by molar-refractivity contribution is -0.136. The van der Waals surface area contributed by atoms with Crippen LogP contribution >= 0.6 is 11.6 Å². The van der Waals surface area contributed by atoms with Gasteiger partial charge in [-0.05, 0) is 55.0 Å². The second-order valence-electron chi connectivity index (χ2n) is 5.17. The molecular weight excluding hydrogens is 366 g/mol. The summed E-state index contributed by atoms with van der Waals surface area (Å²) in [6.45, 7) is 1.66. The fraction of sp³-hybridized carbons (Fsp3) is 0.0588. The van der Waals surface area contributed by atoms with Gasteiger partial charge >= 0.3 is 16.1 Å². The van der Waals surface area contributed by atoms with E-state index in [1.54, 1.807) is 25.1 Å². The Bertz CT molecular complexity index is 977. The van der Waals surface area contributed by atoms with Crippen LogP contribution in [0.2, 0.25) is 5.02 Å². The van der Waals surface area contributed by atoms with Gasteiger partial charge in [-0.1, -0.05) is 28.9 Å². The predicted octanol–water partition coefficient (Wildman–Crippen LogP) is 3.42. The molecule has 0 amide bonds. The molecule has 0 unspecified atom stereocenters. The van der Waals surface area contributed by atoms with Crippen molar-refractivity contribution in [2.24, 2.45) is 5.16 Å². The van der Waals surface area contributed by atoms with Crippen molar-refractivity contribution >= 4 is 39.5 Å². The van der Waals surface area contributed by atoms with E-state index in [9.17, 15) is 13.2 Å². The molecule has 128 valence electrons. The van der Waals surface area contributed by atoms with E-state index in [0.29, 0.717) is 21.9 Å². The van der Waals surface area contributed by atoms with Crippen LogP contribution in [0.4, 0.5) is 0 Å². The molecule has 1 aliphatic rings. The molecule has 0 N–H and O–H groups in total. The Morgan fingerprint density at radius 1 is 1.08 bits per heavy atom. The van der Waals surface area contributed by atoms with Crippen molar-refractivity contribution in [2.45, 2.75) is 11.8 Å². The molecule has 1 aliphatic heterocycles. The molecule has 0 aromatic heterocycles. The largest absolute Gasteiger partial charge is 0.379 e. The summed E-state index contributed by atoms with van der Waals surface area (Å²) in [5.74, 6) is -0.375. The minimum Gasteiger partial charge on any atom is -0.379 e. The van der Waals surface area contributed by atoms with Gasteiger partial charge in [0, 0.05) is 5.02 Å². The molecular formula is C17H12ClNO5S. The van der Waals surface area contributed by atoms with Crippen LogP contribution in [0, 0.1) is 0 Å². The summed E-state index contributed by atoms with van der Waals surface area (Å²) in [6.07, 6.45) is 1.60. The number of rotatable bonds is 4. The Labute approximate surface area is 149 Å². The van der Waals surface area contributed by atoms with E-state index in [-0.39, 0.29) is 10.6 Å². The summed E-state index contributed by atoms with van der Waals surface area (Å²) < 4.78 is 29.5. The molecule has 2 aromatic rings. The second kappa shape index (κ2) is 6.70. The fourth-order valence-corrected chi connectivity index (χ4v) is 3.14. The molecule has 0 saturated carbocycles. The standard InChI is InChI=1S/C17H12ClNO5S/c1-11-16(17(20)23-19-11)10-12-2-6-14(7-3-12)24-25(21,22)15-8-4-13(18)5-9-15/h2-10H,1H3/b16-10-. The SMILES string of the molecule is CC1=NOC(=O)/C1=C\c1ccc(OS(=O)(=O)c2ccc(Cl)cc2)cc1. The topological polar surface area (TPSA) is 82.0 Å². The molecule has 2 aromatic carbocycles. The van der Waals surface area contributed by atoms with Gasteiger partial charge in [-0.2, -0.15) is 8.42 Å². The zero-order chi connectivity index (χ0) is 18.0. The molecule has 0 saturated heterocycles. The summed E-state index contributed by atoms with van der Waals surface area (Å²) in [5, 5.41) is 4.02. The first-order valence-corrected chi connectivity index (χ1v) is 8.92. The Balaban J connectivity index is 1.79. The van der Waals surface area contributed by atoms with Crippen LogP contribution in [-0.2, 0) is 19.8 Å². The van der Waals surface area contributed by atoms with Crippen LogP contribution in [0.5, 0.6) is 5.75 Å². The van der Waals surface area contributed by atoms with Gasteiger partial charge in [0.15, 0.2) is 0 Å². The minimum atomic E-state index is -3.95. The van der Waals surface area contributed by atoms with Gasteiger partial charge in [-0.15, -0.1) is 0 Å². The fourth-order valence-electron chi connectivity index (χ4n) is 2.08. The predicted molar refractivity (Wildman–Crippen MR) is 92.9 cm³/mol. The molecule has 0 aliphatic carbocycles. The number of hydrogen-bond donors (Lipinski definition) is 0. The molecule has 0 spiro atoms. The molecule has 25 heavy (non-hydrogen) atoms. The van der Waals surface area contributed by atoms with Crippen LogP contribution in [0.1, 0.15) is 12.5 Å². The summed E-state index contributed by atoms with van der Waals surface area (Å²) in [4.78, 5) is 16.1. The zero-order valence-electron chi connectivity index (χ0n) is 13.0. The number of carbonyl (C=O) groups is 1. The van der Waals surface area contributed by atoms with E-state index in [4.69, 9.17) is 15.8 Å². The van der Waals surface area contributed by atoms with Gasteiger partial charge in [0.05, 0.1) is 11.3 Å². The van der Waals surface area contributed by atoms with Crippen LogP contribution in [0.25, 0.3) is 6.08 Å². The summed E-state index contributed by atoms with van der Waals surface area (Å²) >= 11 is 5.75. The molecule has 8 heteroatoms. The number of oxime groups is 1. The highest BCUT2D eigenvalue weighted by Gasteiger charge is 2.21. The van der Waals surface area contributed by atoms with E-state index in [1.807, 2.05) is 0 Å². The number of benzene rings is 2. The maximum absolute atomic E-state index is 12.2. The lowest BCUT2D eigenvalue weighted by atomic mass is 10.1. The maximum Gasteiger partial charge on any atom is 0.367 e. The number of nitrogens with zero attached hydrogens (tertiary/aromatic N) is 1. The highest BCUT2D eigenvalue weighted by Crippen LogP contribution is 2.22. The quantitative estimate of drug-likeness (QED) is 0.463. The van der Waals surface area contributed by atoms with Crippen molar-refractivity contribution in [1.29, 1.82) is 0 Å². The average molecular weight is 378 g/mol. The van der Waals surface area contributed by atoms with E-state index < -0.39 is 16.1 Å². The Hall–Kier alpha value is -2.64. The van der Waals surface area contributed by atoms with Gasteiger partial charge in [0.2, 0.25) is 0 Å². The monoisotopic (exact) mass is 377 g/mol. The first-order valence-electron chi connectivity index (χ1n) is 7.13. The van der Waals surface area contributed by atoms with Crippen molar-refractivity contribution in [1.82, 2.24) is 0 Å². The van der Waals surface area contributed by atoms with Crippen molar-refractivity contribution in [3.63, 3.8) is 0 Å². The Morgan fingerprint density at radius 3 is 2.28 bits per heavy atom. The smallest absolute Gasteiger partial charge is 0.367 e. The van der Waals surface area contributed by atoms with Crippen molar-refractivity contribution < 1.29 is 22.2 Å².